The van der Waals surface area contributed by atoms with Gasteiger partial charge < -0.3 is 16.5 Å². The van der Waals surface area contributed by atoms with Crippen LogP contribution in [0.5, 0.6) is 0 Å². The van der Waals surface area contributed by atoms with Gasteiger partial charge in [-0.1, -0.05) is 175 Å². The van der Waals surface area contributed by atoms with Crippen molar-refractivity contribution >= 4 is 55.0 Å². The Labute approximate surface area is 294 Å². The Morgan fingerprint density at radius 3 is 0.667 bits per heavy atom. The van der Waals surface area contributed by atoms with Crippen molar-refractivity contribution in [3.63, 3.8) is 0 Å². The molecule has 0 unspecified atom stereocenters. The molecule has 0 bridgehead atoms. The quantitative estimate of drug-likeness (QED) is 0.172. The Kier molecular flexibility index (Phi) is 10.8. The highest BCUT2D eigenvalue weighted by atomic mass is 28.5. The largest absolute Gasteiger partial charge is 0.408 e. The van der Waals surface area contributed by atoms with Crippen molar-refractivity contribution in [1.82, 2.24) is 0 Å². The Morgan fingerprint density at radius 2 is 0.521 bits per heavy atom. The van der Waals surface area contributed by atoms with Crippen LogP contribution in [0.15, 0.2) is 97.1 Å². The van der Waals surface area contributed by atoms with E-state index in [4.69, 9.17) is 16.5 Å². The smallest absolute Gasteiger partial charge is 0.358 e. The van der Waals surface area contributed by atoms with Crippen LogP contribution in [0, 0.1) is 27.7 Å². The van der Waals surface area contributed by atoms with E-state index in [-0.39, 0.29) is 22.2 Å². The highest BCUT2D eigenvalue weighted by molar-refractivity contribution is 7.07. The summed E-state index contributed by atoms with van der Waals surface area (Å²) in [6, 6.07) is 35.4. The Balaban J connectivity index is 1.99. The first kappa shape index (κ1) is 36.9. The lowest BCUT2D eigenvalue weighted by molar-refractivity contribution is 0.220. The Bertz CT molecular complexity index is 1470. The van der Waals surface area contributed by atoms with E-state index in [1.54, 1.807) is 0 Å². The topological polar surface area (TPSA) is 36.9 Å². The molecule has 1 aliphatic rings. The van der Waals surface area contributed by atoms with Crippen LogP contribution < -0.4 is 20.7 Å². The third-order valence-corrected chi connectivity index (χ3v) is 30.2. The van der Waals surface area contributed by atoms with E-state index in [2.05, 4.69) is 180 Å². The minimum atomic E-state index is -3.36. The summed E-state index contributed by atoms with van der Waals surface area (Å²) >= 11 is 0. The lowest BCUT2D eigenvalue weighted by Crippen LogP contribution is -2.82. The minimum absolute atomic E-state index is 0.0737. The van der Waals surface area contributed by atoms with E-state index < -0.39 is 34.2 Å². The maximum absolute atomic E-state index is 8.21. The van der Waals surface area contributed by atoms with Crippen molar-refractivity contribution in [3.8, 4) is 0 Å². The van der Waals surface area contributed by atoms with Crippen LogP contribution in [-0.4, -0.2) is 34.2 Å². The van der Waals surface area contributed by atoms with Crippen LogP contribution >= 0.6 is 0 Å². The second kappa shape index (κ2) is 14.1. The molecule has 1 heterocycles. The molecule has 1 saturated heterocycles. The number of aryl methyl sites for hydroxylation is 4. The summed E-state index contributed by atoms with van der Waals surface area (Å²) in [7, 11) is -13.4. The average molecular weight is 713 g/mol. The van der Waals surface area contributed by atoms with Gasteiger partial charge in [-0.2, -0.15) is 0 Å². The molecule has 256 valence electrons. The predicted molar refractivity (Wildman–Crippen MR) is 211 cm³/mol. The minimum Gasteiger partial charge on any atom is -0.408 e. The van der Waals surface area contributed by atoms with Gasteiger partial charge in [-0.25, -0.2) is 0 Å². The van der Waals surface area contributed by atoms with Gasteiger partial charge in [-0.3, -0.25) is 0 Å². The third kappa shape index (κ3) is 6.58. The van der Waals surface area contributed by atoms with Crippen LogP contribution in [0.1, 0.15) is 77.6 Å². The Hall–Kier alpha value is -2.41. The van der Waals surface area contributed by atoms with E-state index in [0.717, 1.165) is 20.7 Å². The molecular weight excluding hydrogens is 657 g/mol. The van der Waals surface area contributed by atoms with Crippen molar-refractivity contribution in [2.45, 2.75) is 105 Å². The highest BCUT2D eigenvalue weighted by Gasteiger charge is 2.68. The van der Waals surface area contributed by atoms with Crippen molar-refractivity contribution < 1.29 is 16.5 Å². The molecule has 0 radical (unpaired) electrons. The van der Waals surface area contributed by atoms with Gasteiger partial charge in [0.1, 0.15) is 0 Å². The van der Waals surface area contributed by atoms with E-state index in [1.165, 1.54) is 22.3 Å². The van der Waals surface area contributed by atoms with E-state index >= 15 is 0 Å². The maximum atomic E-state index is 8.21. The summed E-state index contributed by atoms with van der Waals surface area (Å²) < 4.78 is 32.8. The SMILES string of the molecule is Cc1cccc([Si]2(C(C)C)O[Si](c3cccc(C)c3)(C(C)C)O[Si](c3cccc(C)c3)(C(C)C)O[Si](c3cccc(C)c3)(C(C)C)O2)c1. The molecule has 1 aliphatic heterocycles. The average Bonchev–Trinajstić information content (AvgIpc) is 3.01. The van der Waals surface area contributed by atoms with Gasteiger partial charge in [0.25, 0.3) is 0 Å². The molecule has 0 aromatic heterocycles. The Morgan fingerprint density at radius 1 is 0.333 bits per heavy atom. The second-order valence-electron chi connectivity index (χ2n) is 15.2. The fourth-order valence-electron chi connectivity index (χ4n) is 7.18. The molecule has 0 spiro atoms. The first-order chi connectivity index (χ1) is 22.6. The summed E-state index contributed by atoms with van der Waals surface area (Å²) in [5.74, 6) is 0. The van der Waals surface area contributed by atoms with Crippen molar-refractivity contribution in [3.05, 3.63) is 119 Å². The van der Waals surface area contributed by atoms with Gasteiger partial charge in [0.05, 0.1) is 0 Å². The molecule has 0 atom stereocenters. The molecule has 5 rings (SSSR count). The third-order valence-electron chi connectivity index (χ3n) is 9.94. The van der Waals surface area contributed by atoms with Crippen LogP contribution in [-0.2, 0) is 16.5 Å². The lowest BCUT2D eigenvalue weighted by atomic mass is 10.2. The zero-order chi connectivity index (χ0) is 35.1. The molecule has 0 aliphatic carbocycles. The zero-order valence-electron chi connectivity index (χ0n) is 31.2. The summed E-state index contributed by atoms with van der Waals surface area (Å²) in [6.07, 6.45) is 0. The van der Waals surface area contributed by atoms with Crippen molar-refractivity contribution in [2.75, 3.05) is 0 Å². The van der Waals surface area contributed by atoms with Gasteiger partial charge in [0.15, 0.2) is 0 Å². The molecule has 48 heavy (non-hydrogen) atoms. The summed E-state index contributed by atoms with van der Waals surface area (Å²) in [5.41, 5.74) is 5.08. The number of hydrogen-bond acceptors (Lipinski definition) is 4. The molecule has 0 amide bonds. The summed E-state index contributed by atoms with van der Waals surface area (Å²) in [4.78, 5) is 0. The molecule has 8 heteroatoms. The first-order valence-corrected chi connectivity index (χ1v) is 25.3. The highest BCUT2D eigenvalue weighted by Crippen LogP contribution is 2.45. The van der Waals surface area contributed by atoms with E-state index in [9.17, 15) is 0 Å². The monoisotopic (exact) mass is 712 g/mol. The molecule has 1 fully saturated rings. The second-order valence-corrected chi connectivity index (χ2v) is 30.7. The van der Waals surface area contributed by atoms with Gasteiger partial charge in [-0.05, 0) is 70.6 Å². The predicted octanol–water partition coefficient (Wildman–Crippen LogP) is 8.34. The van der Waals surface area contributed by atoms with Crippen LogP contribution in [0.2, 0.25) is 22.2 Å². The molecular formula is C40H56O4Si4. The molecule has 0 N–H and O–H groups in total. The van der Waals surface area contributed by atoms with Crippen molar-refractivity contribution in [1.29, 1.82) is 0 Å². The normalized spacial score (nSPS) is 26.7. The number of benzene rings is 4. The maximum Gasteiger partial charge on any atom is 0.358 e. The number of rotatable bonds is 8. The van der Waals surface area contributed by atoms with Crippen LogP contribution in [0.4, 0.5) is 0 Å². The van der Waals surface area contributed by atoms with Crippen LogP contribution in [0.25, 0.3) is 0 Å². The molecule has 4 aromatic rings. The van der Waals surface area contributed by atoms with Gasteiger partial charge in [-0.15, -0.1) is 0 Å². The van der Waals surface area contributed by atoms with Gasteiger partial charge in [0, 0.05) is 0 Å². The molecule has 4 aromatic carbocycles. The molecule has 0 saturated carbocycles. The van der Waals surface area contributed by atoms with Gasteiger partial charge in [0.2, 0.25) is 0 Å². The van der Waals surface area contributed by atoms with E-state index in [0.29, 0.717) is 0 Å². The van der Waals surface area contributed by atoms with Gasteiger partial charge >= 0.3 is 34.2 Å². The summed E-state index contributed by atoms with van der Waals surface area (Å²) in [6.45, 7) is 27.0. The fourth-order valence-corrected chi connectivity index (χ4v) is 33.6. The molecule has 4 nitrogen and oxygen atoms in total. The van der Waals surface area contributed by atoms with Crippen molar-refractivity contribution in [2.24, 2.45) is 0 Å². The van der Waals surface area contributed by atoms with Crippen LogP contribution in [0.3, 0.4) is 0 Å². The summed E-state index contributed by atoms with van der Waals surface area (Å²) in [5, 5.41) is 4.59. The number of hydrogen-bond donors (Lipinski definition) is 0. The van der Waals surface area contributed by atoms with E-state index in [1.807, 2.05) is 0 Å². The first-order valence-electron chi connectivity index (χ1n) is 17.7. The zero-order valence-corrected chi connectivity index (χ0v) is 35.2. The fraction of sp³-hybridized carbons (Fsp3) is 0.400. The lowest BCUT2D eigenvalue weighted by Gasteiger charge is -2.57. The standard InChI is InChI=1S/C40H56O4Si4/c1-29(2)45(37-21-13-17-33(9)25-37)41-46(30(3)4,38-22-14-18-34(10)26-38)43-48(32(7)8,40-24-16-20-36(12)28-40)44-47(42-45,31(5)6)39-23-15-19-35(11)27-39/h13-32H,1-12H3.